The van der Waals surface area contributed by atoms with Crippen molar-refractivity contribution in [2.75, 3.05) is 0 Å². The van der Waals surface area contributed by atoms with Crippen LogP contribution < -0.4 is 10.1 Å². The van der Waals surface area contributed by atoms with Crippen LogP contribution in [0.3, 0.4) is 0 Å². The standard InChI is InChI=1S/C27H30N4O4/c1-18-22(30-35-29-18)17-34-23-12-7-6-11-21(23)26(33)31-20(15-19-9-4-3-5-10-19)16-27(2)24(31)13-8-14-25(32)28-27/h3-7,9-12,20,24H,8,13-17H2,1-2H3,(H,28,32)/t20-,24+,27+/m1/s1. The first-order chi connectivity index (χ1) is 16.9. The Morgan fingerprint density at radius 3 is 2.71 bits per heavy atom. The van der Waals surface area contributed by atoms with E-state index in [4.69, 9.17) is 9.37 Å². The maximum absolute atomic E-state index is 14.2. The number of benzene rings is 2. The Balaban J connectivity index is 1.47. The molecular formula is C27H30N4O4. The number of nitrogens with zero attached hydrogens (tertiary/aromatic N) is 3. The lowest BCUT2D eigenvalue weighted by molar-refractivity contribution is -0.122. The predicted molar refractivity (Wildman–Crippen MR) is 129 cm³/mol. The zero-order chi connectivity index (χ0) is 24.4. The lowest BCUT2D eigenvalue weighted by Crippen LogP contribution is -2.54. The van der Waals surface area contributed by atoms with Gasteiger partial charge in [0.05, 0.1) is 17.1 Å². The van der Waals surface area contributed by atoms with Gasteiger partial charge in [0.1, 0.15) is 23.7 Å². The Hall–Kier alpha value is -3.68. The molecule has 2 aromatic carbocycles. The van der Waals surface area contributed by atoms with E-state index in [9.17, 15) is 9.59 Å². The summed E-state index contributed by atoms with van der Waals surface area (Å²) in [6, 6.07) is 17.4. The summed E-state index contributed by atoms with van der Waals surface area (Å²) in [4.78, 5) is 28.6. The van der Waals surface area contributed by atoms with Crippen LogP contribution in [0.15, 0.2) is 59.2 Å². The van der Waals surface area contributed by atoms with Gasteiger partial charge in [-0.2, -0.15) is 0 Å². The van der Waals surface area contributed by atoms with Crippen molar-refractivity contribution in [1.82, 2.24) is 20.5 Å². The molecule has 0 bridgehead atoms. The molecule has 182 valence electrons. The van der Waals surface area contributed by atoms with Crippen LogP contribution in [-0.4, -0.2) is 44.7 Å². The van der Waals surface area contributed by atoms with E-state index in [-0.39, 0.29) is 30.5 Å². The highest BCUT2D eigenvalue weighted by Crippen LogP contribution is 2.41. The third kappa shape index (κ3) is 4.65. The van der Waals surface area contributed by atoms with Crippen molar-refractivity contribution < 1.29 is 19.0 Å². The number of rotatable bonds is 6. The fourth-order valence-electron chi connectivity index (χ4n) is 5.51. The molecular weight excluding hydrogens is 444 g/mol. The van der Waals surface area contributed by atoms with Crippen LogP contribution in [0.2, 0.25) is 0 Å². The van der Waals surface area contributed by atoms with Crippen molar-refractivity contribution in [3.63, 3.8) is 0 Å². The molecule has 2 fully saturated rings. The van der Waals surface area contributed by atoms with E-state index in [1.165, 1.54) is 5.56 Å². The van der Waals surface area contributed by atoms with E-state index in [0.29, 0.717) is 35.5 Å². The molecule has 2 aliphatic rings. The molecule has 2 amide bonds. The van der Waals surface area contributed by atoms with Gasteiger partial charge in [0.25, 0.3) is 5.91 Å². The van der Waals surface area contributed by atoms with Crippen LogP contribution in [0.1, 0.15) is 59.9 Å². The van der Waals surface area contributed by atoms with Gasteiger partial charge in [-0.3, -0.25) is 9.59 Å². The van der Waals surface area contributed by atoms with Crippen molar-refractivity contribution >= 4 is 11.8 Å². The van der Waals surface area contributed by atoms with Crippen LogP contribution in [0.4, 0.5) is 0 Å². The number of carbonyl (C=O) groups excluding carboxylic acids is 2. The first kappa shape index (κ1) is 23.1. The van der Waals surface area contributed by atoms with Gasteiger partial charge in [-0.15, -0.1) is 0 Å². The second kappa shape index (κ2) is 9.52. The van der Waals surface area contributed by atoms with Gasteiger partial charge in [0.15, 0.2) is 0 Å². The van der Waals surface area contributed by atoms with Crippen molar-refractivity contribution in [2.24, 2.45) is 0 Å². The minimum Gasteiger partial charge on any atom is -0.486 e. The van der Waals surface area contributed by atoms with Crippen LogP contribution in [0.5, 0.6) is 5.75 Å². The van der Waals surface area contributed by atoms with E-state index in [2.05, 4.69) is 34.7 Å². The van der Waals surface area contributed by atoms with Gasteiger partial charge in [-0.05, 0) is 57.2 Å². The first-order valence-electron chi connectivity index (χ1n) is 12.1. The topological polar surface area (TPSA) is 97.6 Å². The largest absolute Gasteiger partial charge is 0.486 e. The van der Waals surface area contributed by atoms with Gasteiger partial charge in [0, 0.05) is 12.5 Å². The molecule has 2 saturated heterocycles. The summed E-state index contributed by atoms with van der Waals surface area (Å²) in [6.07, 6.45) is 3.45. The van der Waals surface area contributed by atoms with Crippen molar-refractivity contribution in [3.05, 3.63) is 77.1 Å². The number of aromatic nitrogens is 2. The summed E-state index contributed by atoms with van der Waals surface area (Å²) in [5.41, 5.74) is 2.44. The molecule has 3 heterocycles. The smallest absolute Gasteiger partial charge is 0.258 e. The molecule has 0 saturated carbocycles. The molecule has 0 radical (unpaired) electrons. The van der Waals surface area contributed by atoms with Gasteiger partial charge in [-0.25, -0.2) is 4.63 Å². The fourth-order valence-corrected chi connectivity index (χ4v) is 5.51. The van der Waals surface area contributed by atoms with Crippen molar-refractivity contribution in [3.8, 4) is 5.75 Å². The number of amides is 2. The van der Waals surface area contributed by atoms with E-state index in [0.717, 1.165) is 19.3 Å². The molecule has 3 aromatic rings. The monoisotopic (exact) mass is 474 g/mol. The molecule has 8 nitrogen and oxygen atoms in total. The summed E-state index contributed by atoms with van der Waals surface area (Å²) < 4.78 is 10.8. The molecule has 8 heteroatoms. The molecule has 2 aliphatic heterocycles. The van der Waals surface area contributed by atoms with Gasteiger partial charge in [0.2, 0.25) is 5.91 Å². The predicted octanol–water partition coefficient (Wildman–Crippen LogP) is 3.84. The Kier molecular flexibility index (Phi) is 6.28. The summed E-state index contributed by atoms with van der Waals surface area (Å²) in [5, 5.41) is 10.9. The summed E-state index contributed by atoms with van der Waals surface area (Å²) in [5.74, 6) is 0.467. The highest BCUT2D eigenvalue weighted by Gasteiger charge is 2.52. The quantitative estimate of drug-likeness (QED) is 0.583. The Labute approximate surface area is 204 Å². The first-order valence-corrected chi connectivity index (χ1v) is 12.1. The molecule has 35 heavy (non-hydrogen) atoms. The van der Waals surface area contributed by atoms with Crippen LogP contribution in [0, 0.1) is 6.92 Å². The van der Waals surface area contributed by atoms with Crippen LogP contribution in [-0.2, 0) is 17.8 Å². The second-order valence-corrected chi connectivity index (χ2v) is 9.71. The van der Waals surface area contributed by atoms with Crippen molar-refractivity contribution in [1.29, 1.82) is 0 Å². The molecule has 3 atom stereocenters. The number of fused-ring (bicyclic) bond motifs is 1. The normalized spacial score (nSPS) is 23.9. The number of aryl methyl sites for hydroxylation is 1. The zero-order valence-electron chi connectivity index (χ0n) is 20.1. The summed E-state index contributed by atoms with van der Waals surface area (Å²) >= 11 is 0. The molecule has 0 unspecified atom stereocenters. The Morgan fingerprint density at radius 2 is 1.94 bits per heavy atom. The Morgan fingerprint density at radius 1 is 1.17 bits per heavy atom. The lowest BCUT2D eigenvalue weighted by Gasteiger charge is -2.35. The second-order valence-electron chi connectivity index (χ2n) is 9.71. The number of ether oxygens (including phenoxy) is 1. The van der Waals surface area contributed by atoms with Crippen LogP contribution >= 0.6 is 0 Å². The van der Waals surface area contributed by atoms with E-state index < -0.39 is 5.54 Å². The number of likely N-dealkylation sites (tertiary alicyclic amines) is 1. The van der Waals surface area contributed by atoms with E-state index in [1.807, 2.05) is 35.2 Å². The minimum atomic E-state index is -0.470. The highest BCUT2D eigenvalue weighted by molar-refractivity contribution is 5.98. The average Bonchev–Trinajstić information content (AvgIpc) is 3.33. The van der Waals surface area contributed by atoms with E-state index >= 15 is 0 Å². The molecule has 1 N–H and O–H groups in total. The molecule has 5 rings (SSSR count). The fraction of sp³-hybridized carbons (Fsp3) is 0.407. The van der Waals surface area contributed by atoms with Crippen LogP contribution in [0.25, 0.3) is 0 Å². The van der Waals surface area contributed by atoms with E-state index in [1.54, 1.807) is 19.1 Å². The summed E-state index contributed by atoms with van der Waals surface area (Å²) in [6.45, 7) is 4.03. The summed E-state index contributed by atoms with van der Waals surface area (Å²) in [7, 11) is 0. The number of carbonyl (C=O) groups is 2. The van der Waals surface area contributed by atoms with Crippen molar-refractivity contribution in [2.45, 2.75) is 70.2 Å². The number of nitrogens with one attached hydrogen (secondary N) is 1. The molecule has 0 aliphatic carbocycles. The van der Waals surface area contributed by atoms with Gasteiger partial charge in [-0.1, -0.05) is 52.8 Å². The lowest BCUT2D eigenvalue weighted by atomic mass is 9.88. The molecule has 1 aromatic heterocycles. The number of para-hydroxylation sites is 1. The maximum atomic E-state index is 14.2. The minimum absolute atomic E-state index is 0.0478. The maximum Gasteiger partial charge on any atom is 0.258 e. The zero-order valence-corrected chi connectivity index (χ0v) is 20.1. The SMILES string of the molecule is Cc1nonc1COc1ccccc1C(=O)N1[C@H](Cc2ccccc2)C[C@]2(C)NC(=O)CCC[C@H]12. The highest BCUT2D eigenvalue weighted by atomic mass is 16.6. The van der Waals surface area contributed by atoms with Gasteiger partial charge >= 0.3 is 0 Å². The third-order valence-corrected chi connectivity index (χ3v) is 7.21. The van der Waals surface area contributed by atoms with Gasteiger partial charge < -0.3 is 15.0 Å². The molecule has 0 spiro atoms. The Bertz CT molecular complexity index is 1210. The average molecular weight is 475 g/mol. The number of hydrogen-bond donors (Lipinski definition) is 1. The number of hydrogen-bond acceptors (Lipinski definition) is 6. The third-order valence-electron chi connectivity index (χ3n) is 7.21.